The summed E-state index contributed by atoms with van der Waals surface area (Å²) in [5, 5.41) is 19.9. The second-order valence-corrected chi connectivity index (χ2v) is 15.5. The normalized spacial score (nSPS) is 12.3. The van der Waals surface area contributed by atoms with Gasteiger partial charge >= 0.3 is 0 Å². The number of ether oxygens (including phenoxy) is 2. The van der Waals surface area contributed by atoms with Crippen molar-refractivity contribution in [3.63, 3.8) is 0 Å². The van der Waals surface area contributed by atoms with E-state index in [-0.39, 0.29) is 13.2 Å². The highest BCUT2D eigenvalue weighted by atomic mass is 16.5. The average Bonchev–Trinajstić information content (AvgIpc) is 3.02. The van der Waals surface area contributed by atoms with Gasteiger partial charge in [0.25, 0.3) is 0 Å². The third-order valence-electron chi connectivity index (χ3n) is 9.63. The molecule has 0 atom stereocenters. The van der Waals surface area contributed by atoms with E-state index in [1.807, 2.05) is 0 Å². The molecule has 0 rings (SSSR count). The maximum absolute atomic E-state index is 9.94. The number of aliphatic hydroxyl groups is 2. The van der Waals surface area contributed by atoms with Crippen LogP contribution in [0.25, 0.3) is 0 Å². The van der Waals surface area contributed by atoms with Crippen LogP contribution in [-0.4, -0.2) is 49.9 Å². The fourth-order valence-electron chi connectivity index (χ4n) is 6.25. The molecule has 0 aliphatic rings. The van der Waals surface area contributed by atoms with Crippen LogP contribution < -0.4 is 0 Å². The molecule has 0 spiro atoms. The lowest BCUT2D eigenvalue weighted by Gasteiger charge is -2.29. The molecule has 4 nitrogen and oxygen atoms in total. The molecule has 0 saturated heterocycles. The minimum Gasteiger partial charge on any atom is -0.396 e. The zero-order valence-corrected chi connectivity index (χ0v) is 31.4. The number of hydrogen-bond acceptors (Lipinski definition) is 4. The van der Waals surface area contributed by atoms with Gasteiger partial charge in [0.2, 0.25) is 0 Å². The molecule has 2 N–H and O–H groups in total. The molecule has 0 fully saturated rings. The van der Waals surface area contributed by atoms with Gasteiger partial charge in [0, 0.05) is 13.2 Å². The SMILES string of the molecule is CC(C)CCCCCCCCCCCCCCCOCC(CO)(CO)COCCCCCCCCCCCCCCCC(C)C. The largest absolute Gasteiger partial charge is 0.396 e. The molecule has 0 radical (unpaired) electrons. The first kappa shape index (κ1) is 44.8. The Balaban J connectivity index is 3.49. The number of hydrogen-bond donors (Lipinski definition) is 2. The van der Waals surface area contributed by atoms with Gasteiger partial charge < -0.3 is 19.7 Å². The van der Waals surface area contributed by atoms with E-state index >= 15 is 0 Å². The van der Waals surface area contributed by atoms with Gasteiger partial charge in [-0.3, -0.25) is 0 Å². The van der Waals surface area contributed by atoms with E-state index < -0.39 is 5.41 Å². The summed E-state index contributed by atoms with van der Waals surface area (Å²) >= 11 is 0. The van der Waals surface area contributed by atoms with Crippen molar-refractivity contribution in [1.82, 2.24) is 0 Å². The van der Waals surface area contributed by atoms with Crippen LogP contribution in [0.1, 0.15) is 207 Å². The molecule has 0 saturated carbocycles. The van der Waals surface area contributed by atoms with E-state index in [0.29, 0.717) is 26.4 Å². The molecule has 0 amide bonds. The number of unbranched alkanes of at least 4 members (excludes halogenated alkanes) is 24. The first-order chi connectivity index (χ1) is 22.0. The Hall–Kier alpha value is -0.160. The Morgan fingerprint density at radius 2 is 0.578 bits per heavy atom. The van der Waals surface area contributed by atoms with E-state index in [2.05, 4.69) is 27.7 Å². The smallest absolute Gasteiger partial charge is 0.0632 e. The summed E-state index contributed by atoms with van der Waals surface area (Å²) in [6.07, 6.45) is 37.9. The molecule has 45 heavy (non-hydrogen) atoms. The van der Waals surface area contributed by atoms with Crippen molar-refractivity contribution in [2.45, 2.75) is 207 Å². The van der Waals surface area contributed by atoms with Crippen LogP contribution in [0.2, 0.25) is 0 Å². The van der Waals surface area contributed by atoms with Gasteiger partial charge in [-0.2, -0.15) is 0 Å². The molecular formula is C41H84O4. The van der Waals surface area contributed by atoms with E-state index in [9.17, 15) is 10.2 Å². The predicted octanol–water partition coefficient (Wildman–Crippen LogP) is 12.2. The van der Waals surface area contributed by atoms with Crippen molar-refractivity contribution >= 4 is 0 Å². The molecule has 0 aromatic heterocycles. The topological polar surface area (TPSA) is 58.9 Å². The van der Waals surface area contributed by atoms with Crippen molar-refractivity contribution in [3.8, 4) is 0 Å². The molecule has 0 aliphatic heterocycles. The first-order valence-electron chi connectivity index (χ1n) is 20.3. The van der Waals surface area contributed by atoms with Gasteiger partial charge in [0.1, 0.15) is 0 Å². The molecular weight excluding hydrogens is 556 g/mol. The van der Waals surface area contributed by atoms with Crippen LogP contribution in [-0.2, 0) is 9.47 Å². The fraction of sp³-hybridized carbons (Fsp3) is 1.00. The van der Waals surface area contributed by atoms with E-state index in [1.54, 1.807) is 0 Å². The maximum Gasteiger partial charge on any atom is 0.0632 e. The number of rotatable bonds is 38. The van der Waals surface area contributed by atoms with Gasteiger partial charge in [-0.25, -0.2) is 0 Å². The molecule has 0 heterocycles. The predicted molar refractivity (Wildman–Crippen MR) is 197 cm³/mol. The Morgan fingerprint density at radius 1 is 0.356 bits per heavy atom. The van der Waals surface area contributed by atoms with Gasteiger partial charge in [0.05, 0.1) is 31.8 Å². The zero-order chi connectivity index (χ0) is 33.1. The second-order valence-electron chi connectivity index (χ2n) is 15.5. The van der Waals surface area contributed by atoms with Gasteiger partial charge in [-0.1, -0.05) is 195 Å². The lowest BCUT2D eigenvalue weighted by Crippen LogP contribution is -2.40. The highest BCUT2D eigenvalue weighted by molar-refractivity contribution is 4.77. The lowest BCUT2D eigenvalue weighted by atomic mass is 9.92. The summed E-state index contributed by atoms with van der Waals surface area (Å²) in [5.74, 6) is 1.73. The van der Waals surface area contributed by atoms with Gasteiger partial charge in [0.15, 0.2) is 0 Å². The molecule has 0 unspecified atom stereocenters. The molecule has 0 aromatic carbocycles. The van der Waals surface area contributed by atoms with Crippen LogP contribution in [0.3, 0.4) is 0 Å². The fourth-order valence-corrected chi connectivity index (χ4v) is 6.25. The first-order valence-corrected chi connectivity index (χ1v) is 20.3. The molecule has 0 aromatic rings. The Kier molecular flexibility index (Phi) is 35.0. The average molecular weight is 641 g/mol. The van der Waals surface area contributed by atoms with Crippen molar-refractivity contribution in [2.75, 3.05) is 39.6 Å². The highest BCUT2D eigenvalue weighted by Crippen LogP contribution is 2.19. The van der Waals surface area contributed by atoms with E-state index in [0.717, 1.165) is 24.7 Å². The van der Waals surface area contributed by atoms with Gasteiger partial charge in [-0.15, -0.1) is 0 Å². The summed E-state index contributed by atoms with van der Waals surface area (Å²) in [4.78, 5) is 0. The van der Waals surface area contributed by atoms with Crippen molar-refractivity contribution in [2.24, 2.45) is 17.3 Å². The highest BCUT2D eigenvalue weighted by Gasteiger charge is 2.29. The summed E-state index contributed by atoms with van der Waals surface area (Å²) in [6.45, 7) is 11.3. The van der Waals surface area contributed by atoms with E-state index in [1.165, 1.54) is 167 Å². The maximum atomic E-state index is 9.94. The minimum atomic E-state index is -0.678. The summed E-state index contributed by atoms with van der Waals surface area (Å²) in [6, 6.07) is 0. The monoisotopic (exact) mass is 641 g/mol. The zero-order valence-electron chi connectivity index (χ0n) is 31.4. The quantitative estimate of drug-likeness (QED) is 0.0659. The summed E-state index contributed by atoms with van der Waals surface area (Å²) in [5.41, 5.74) is -0.678. The van der Waals surface area contributed by atoms with Crippen LogP contribution in [0.15, 0.2) is 0 Å². The lowest BCUT2D eigenvalue weighted by molar-refractivity contribution is -0.0776. The Labute approximate surface area is 283 Å². The Morgan fingerprint density at radius 3 is 0.800 bits per heavy atom. The van der Waals surface area contributed by atoms with Crippen LogP contribution >= 0.6 is 0 Å². The number of aliphatic hydroxyl groups excluding tert-OH is 2. The summed E-state index contributed by atoms with van der Waals surface area (Å²) in [7, 11) is 0. The van der Waals surface area contributed by atoms with E-state index in [4.69, 9.17) is 9.47 Å². The summed E-state index contributed by atoms with van der Waals surface area (Å²) < 4.78 is 11.8. The molecule has 272 valence electrons. The molecule has 0 aliphatic carbocycles. The van der Waals surface area contributed by atoms with Crippen LogP contribution in [0.5, 0.6) is 0 Å². The third-order valence-corrected chi connectivity index (χ3v) is 9.63. The van der Waals surface area contributed by atoms with Crippen molar-refractivity contribution in [3.05, 3.63) is 0 Å². The standard InChI is InChI=1S/C41H84O4/c1-39(2)31-27-23-19-15-11-7-5-9-13-17-21-25-29-33-44-37-41(35-42,36-43)38-45-34-30-26-22-18-14-10-6-8-12-16-20-24-28-32-40(3)4/h39-40,42-43H,5-38H2,1-4H3. The minimum absolute atomic E-state index is 0.0975. The molecule has 4 heteroatoms. The third kappa shape index (κ3) is 33.5. The van der Waals surface area contributed by atoms with Gasteiger partial charge in [-0.05, 0) is 24.7 Å². The van der Waals surface area contributed by atoms with Crippen molar-refractivity contribution in [1.29, 1.82) is 0 Å². The Bertz CT molecular complexity index is 502. The van der Waals surface area contributed by atoms with Crippen molar-refractivity contribution < 1.29 is 19.7 Å². The van der Waals surface area contributed by atoms with Crippen LogP contribution in [0.4, 0.5) is 0 Å². The van der Waals surface area contributed by atoms with Crippen LogP contribution in [0, 0.1) is 17.3 Å². The second kappa shape index (κ2) is 35.2. The molecule has 0 bridgehead atoms.